The third kappa shape index (κ3) is 4.64. The molecule has 1 aliphatic heterocycles. The third-order valence-electron chi connectivity index (χ3n) is 4.28. The summed E-state index contributed by atoms with van der Waals surface area (Å²) >= 11 is 0. The topological polar surface area (TPSA) is 58.2 Å². The molecule has 24 heavy (non-hydrogen) atoms. The van der Waals surface area contributed by atoms with E-state index in [-0.39, 0.29) is 17.8 Å². The van der Waals surface area contributed by atoms with Gasteiger partial charge in [0.2, 0.25) is 5.91 Å². The number of aryl methyl sites for hydroxylation is 1. The van der Waals surface area contributed by atoms with Crippen molar-refractivity contribution in [2.75, 3.05) is 19.7 Å². The molecule has 1 N–H and O–H groups in total. The molecule has 1 saturated heterocycles. The molecule has 128 valence electrons. The molecule has 1 fully saturated rings. The van der Waals surface area contributed by atoms with Gasteiger partial charge < -0.3 is 9.64 Å². The summed E-state index contributed by atoms with van der Waals surface area (Å²) in [6.45, 7) is 1.80. The van der Waals surface area contributed by atoms with Gasteiger partial charge in [0.1, 0.15) is 5.82 Å². The van der Waals surface area contributed by atoms with E-state index in [2.05, 4.69) is 10.2 Å². The SMILES string of the molecule is O=C(CCCc1cn[nH]c1)N1CCO[C@@H](Cc2ccc(F)cc2)C1. The zero-order chi connectivity index (χ0) is 16.8. The van der Waals surface area contributed by atoms with Crippen molar-refractivity contribution in [3.8, 4) is 0 Å². The average Bonchev–Trinajstić information content (AvgIpc) is 3.10. The van der Waals surface area contributed by atoms with E-state index >= 15 is 0 Å². The van der Waals surface area contributed by atoms with Gasteiger partial charge in [-0.15, -0.1) is 0 Å². The molecule has 0 radical (unpaired) electrons. The first-order chi connectivity index (χ1) is 11.7. The number of halogens is 1. The molecule has 0 saturated carbocycles. The fourth-order valence-corrected chi connectivity index (χ4v) is 2.97. The highest BCUT2D eigenvalue weighted by molar-refractivity contribution is 5.76. The van der Waals surface area contributed by atoms with E-state index in [0.29, 0.717) is 32.5 Å². The summed E-state index contributed by atoms with van der Waals surface area (Å²) in [7, 11) is 0. The number of morpholine rings is 1. The number of carbonyl (C=O) groups excluding carboxylic acids is 1. The fourth-order valence-electron chi connectivity index (χ4n) is 2.97. The highest BCUT2D eigenvalue weighted by Gasteiger charge is 2.24. The van der Waals surface area contributed by atoms with E-state index in [9.17, 15) is 9.18 Å². The largest absolute Gasteiger partial charge is 0.374 e. The van der Waals surface area contributed by atoms with Crippen molar-refractivity contribution in [2.24, 2.45) is 0 Å². The summed E-state index contributed by atoms with van der Waals surface area (Å²) in [6.07, 6.45) is 6.52. The highest BCUT2D eigenvalue weighted by atomic mass is 19.1. The minimum Gasteiger partial charge on any atom is -0.374 e. The van der Waals surface area contributed by atoms with Crippen LogP contribution >= 0.6 is 0 Å². The van der Waals surface area contributed by atoms with E-state index in [1.165, 1.54) is 12.1 Å². The van der Waals surface area contributed by atoms with Crippen LogP contribution in [0.5, 0.6) is 0 Å². The van der Waals surface area contributed by atoms with Crippen molar-refractivity contribution in [3.63, 3.8) is 0 Å². The third-order valence-corrected chi connectivity index (χ3v) is 4.28. The number of ether oxygens (including phenoxy) is 1. The number of rotatable bonds is 6. The quantitative estimate of drug-likeness (QED) is 0.884. The lowest BCUT2D eigenvalue weighted by Gasteiger charge is -2.33. The van der Waals surface area contributed by atoms with Crippen LogP contribution in [-0.2, 0) is 22.4 Å². The average molecular weight is 331 g/mol. The molecule has 3 rings (SSSR count). The van der Waals surface area contributed by atoms with Crippen molar-refractivity contribution < 1.29 is 13.9 Å². The van der Waals surface area contributed by atoms with Gasteiger partial charge in [-0.25, -0.2) is 4.39 Å². The summed E-state index contributed by atoms with van der Waals surface area (Å²) in [5, 5.41) is 6.68. The Morgan fingerprint density at radius 2 is 2.17 bits per heavy atom. The van der Waals surface area contributed by atoms with Crippen LogP contribution < -0.4 is 0 Å². The maximum absolute atomic E-state index is 13.0. The first-order valence-corrected chi connectivity index (χ1v) is 8.32. The molecule has 1 atom stereocenters. The second kappa shape index (κ2) is 8.06. The van der Waals surface area contributed by atoms with Crippen molar-refractivity contribution in [1.29, 1.82) is 0 Å². The molecule has 1 aromatic heterocycles. The van der Waals surface area contributed by atoms with Gasteiger partial charge in [-0.3, -0.25) is 9.89 Å². The van der Waals surface area contributed by atoms with Crippen LogP contribution in [0.15, 0.2) is 36.7 Å². The normalized spacial score (nSPS) is 17.9. The first kappa shape index (κ1) is 16.6. The maximum atomic E-state index is 13.0. The van der Waals surface area contributed by atoms with Gasteiger partial charge in [-0.1, -0.05) is 12.1 Å². The number of hydrogen-bond acceptors (Lipinski definition) is 3. The molecular weight excluding hydrogens is 309 g/mol. The van der Waals surface area contributed by atoms with Gasteiger partial charge in [0, 0.05) is 32.1 Å². The Hall–Kier alpha value is -2.21. The van der Waals surface area contributed by atoms with Crippen LogP contribution in [-0.4, -0.2) is 46.8 Å². The van der Waals surface area contributed by atoms with Crippen LogP contribution in [0, 0.1) is 5.82 Å². The Morgan fingerprint density at radius 3 is 2.92 bits per heavy atom. The van der Waals surface area contributed by atoms with Crippen LogP contribution in [0.1, 0.15) is 24.0 Å². The molecule has 1 aliphatic rings. The molecule has 5 nitrogen and oxygen atoms in total. The van der Waals surface area contributed by atoms with E-state index in [0.717, 1.165) is 24.0 Å². The Bertz CT molecular complexity index is 643. The lowest BCUT2D eigenvalue weighted by atomic mass is 10.1. The Morgan fingerprint density at radius 1 is 1.33 bits per heavy atom. The first-order valence-electron chi connectivity index (χ1n) is 8.32. The van der Waals surface area contributed by atoms with E-state index in [1.807, 2.05) is 11.1 Å². The smallest absolute Gasteiger partial charge is 0.222 e. The molecule has 2 heterocycles. The molecule has 0 bridgehead atoms. The summed E-state index contributed by atoms with van der Waals surface area (Å²) in [4.78, 5) is 14.2. The van der Waals surface area contributed by atoms with E-state index in [1.54, 1.807) is 18.3 Å². The van der Waals surface area contributed by atoms with Crippen LogP contribution in [0.4, 0.5) is 4.39 Å². The van der Waals surface area contributed by atoms with Gasteiger partial charge in [0.15, 0.2) is 0 Å². The monoisotopic (exact) mass is 331 g/mol. The predicted molar refractivity (Wildman–Crippen MR) is 87.9 cm³/mol. The van der Waals surface area contributed by atoms with Crippen LogP contribution in [0.25, 0.3) is 0 Å². The lowest BCUT2D eigenvalue weighted by molar-refractivity contribution is -0.138. The lowest BCUT2D eigenvalue weighted by Crippen LogP contribution is -2.46. The summed E-state index contributed by atoms with van der Waals surface area (Å²) < 4.78 is 18.7. The number of carbonyl (C=O) groups is 1. The molecular formula is C18H22FN3O2. The van der Waals surface area contributed by atoms with E-state index in [4.69, 9.17) is 4.74 Å². The predicted octanol–water partition coefficient (Wildman–Crippen LogP) is 2.34. The Labute approximate surface area is 140 Å². The van der Waals surface area contributed by atoms with Gasteiger partial charge in [-0.2, -0.15) is 5.10 Å². The second-order valence-electron chi connectivity index (χ2n) is 6.12. The minimum atomic E-state index is -0.238. The second-order valence-corrected chi connectivity index (χ2v) is 6.12. The Balaban J connectivity index is 1.45. The Kier molecular flexibility index (Phi) is 5.59. The highest BCUT2D eigenvalue weighted by Crippen LogP contribution is 2.14. The van der Waals surface area contributed by atoms with Crippen LogP contribution in [0.3, 0.4) is 0 Å². The van der Waals surface area contributed by atoms with Gasteiger partial charge in [0.05, 0.1) is 18.9 Å². The fraction of sp³-hybridized carbons (Fsp3) is 0.444. The van der Waals surface area contributed by atoms with Crippen molar-refractivity contribution in [1.82, 2.24) is 15.1 Å². The van der Waals surface area contributed by atoms with Crippen molar-refractivity contribution >= 4 is 5.91 Å². The zero-order valence-electron chi connectivity index (χ0n) is 13.6. The minimum absolute atomic E-state index is 0.0259. The zero-order valence-corrected chi connectivity index (χ0v) is 13.6. The molecule has 0 unspecified atom stereocenters. The van der Waals surface area contributed by atoms with Gasteiger partial charge >= 0.3 is 0 Å². The standard InChI is InChI=1S/C18H22FN3O2/c19-16-6-4-14(5-7-16)10-17-13-22(8-9-24-17)18(23)3-1-2-15-11-20-21-12-15/h4-7,11-12,17H,1-3,8-10,13H2,(H,20,21)/t17-/m0/s1. The molecule has 0 spiro atoms. The number of nitrogens with one attached hydrogen (secondary N) is 1. The number of nitrogens with zero attached hydrogens (tertiary/aromatic N) is 2. The van der Waals surface area contributed by atoms with Crippen molar-refractivity contribution in [3.05, 3.63) is 53.6 Å². The number of aromatic amines is 1. The molecule has 0 aliphatic carbocycles. The number of hydrogen-bond donors (Lipinski definition) is 1. The number of benzene rings is 1. The van der Waals surface area contributed by atoms with Crippen molar-refractivity contribution in [2.45, 2.75) is 31.8 Å². The number of H-pyrrole nitrogens is 1. The maximum Gasteiger partial charge on any atom is 0.222 e. The number of aromatic nitrogens is 2. The summed E-state index contributed by atoms with van der Waals surface area (Å²) in [5.74, 6) is -0.0661. The van der Waals surface area contributed by atoms with Gasteiger partial charge in [0.25, 0.3) is 0 Å². The molecule has 1 aromatic carbocycles. The van der Waals surface area contributed by atoms with Gasteiger partial charge in [-0.05, 0) is 36.1 Å². The molecule has 1 amide bonds. The number of amides is 1. The summed E-state index contributed by atoms with van der Waals surface area (Å²) in [5.41, 5.74) is 2.15. The van der Waals surface area contributed by atoms with Crippen LogP contribution in [0.2, 0.25) is 0 Å². The summed E-state index contributed by atoms with van der Waals surface area (Å²) in [6, 6.07) is 6.45. The van der Waals surface area contributed by atoms with E-state index < -0.39 is 0 Å². The molecule has 6 heteroatoms. The molecule has 2 aromatic rings.